The van der Waals surface area contributed by atoms with Gasteiger partial charge in [-0.05, 0) is 44.4 Å². The van der Waals surface area contributed by atoms with E-state index < -0.39 is 18.6 Å². The topological polar surface area (TPSA) is 32.3 Å². The normalized spacial score (nSPS) is 14.9. The van der Waals surface area contributed by atoms with Crippen molar-refractivity contribution in [3.8, 4) is 0 Å². The zero-order chi connectivity index (χ0) is 15.6. The number of halogens is 3. The van der Waals surface area contributed by atoms with E-state index in [2.05, 4.69) is 5.32 Å². The van der Waals surface area contributed by atoms with E-state index in [0.29, 0.717) is 30.6 Å². The molecular weight excluding hydrogens is 281 g/mol. The molecule has 0 atom stereocenters. The molecule has 0 radical (unpaired) electrons. The highest BCUT2D eigenvalue weighted by Gasteiger charge is 2.41. The Bertz CT molecular complexity index is 524. The number of anilines is 1. The molecule has 1 amide bonds. The van der Waals surface area contributed by atoms with Gasteiger partial charge < -0.3 is 10.2 Å². The fourth-order valence-corrected chi connectivity index (χ4v) is 2.28. The minimum atomic E-state index is -4.37. The molecule has 0 bridgehead atoms. The molecule has 3 nitrogen and oxygen atoms in total. The molecule has 0 heterocycles. The minimum absolute atomic E-state index is 0.282. The van der Waals surface area contributed by atoms with Crippen molar-refractivity contribution in [3.05, 3.63) is 29.3 Å². The van der Waals surface area contributed by atoms with Crippen LogP contribution in [0.3, 0.4) is 0 Å². The molecule has 1 aliphatic carbocycles. The number of nitrogens with one attached hydrogen (secondary N) is 1. The maximum absolute atomic E-state index is 12.7. The zero-order valence-corrected chi connectivity index (χ0v) is 12.1. The third kappa shape index (κ3) is 4.12. The van der Waals surface area contributed by atoms with E-state index in [1.807, 2.05) is 13.8 Å². The van der Waals surface area contributed by atoms with Crippen molar-refractivity contribution in [1.82, 2.24) is 4.90 Å². The Morgan fingerprint density at radius 2 is 2.05 bits per heavy atom. The summed E-state index contributed by atoms with van der Waals surface area (Å²) in [4.78, 5) is 13.4. The summed E-state index contributed by atoms with van der Waals surface area (Å²) in [6, 6.07) is 4.85. The van der Waals surface area contributed by atoms with Crippen LogP contribution in [-0.2, 0) is 0 Å². The molecule has 1 aromatic rings. The Kier molecular flexibility index (Phi) is 4.44. The summed E-state index contributed by atoms with van der Waals surface area (Å²) >= 11 is 0. The van der Waals surface area contributed by atoms with E-state index >= 15 is 0 Å². The second-order valence-electron chi connectivity index (χ2n) is 5.36. The lowest BCUT2D eigenvalue weighted by molar-refractivity contribution is -0.141. The average molecular weight is 300 g/mol. The summed E-state index contributed by atoms with van der Waals surface area (Å²) < 4.78 is 38.0. The van der Waals surface area contributed by atoms with Crippen molar-refractivity contribution in [2.24, 2.45) is 0 Å². The lowest BCUT2D eigenvalue weighted by Gasteiger charge is -2.25. The number of aryl methyl sites for hydroxylation is 1. The molecule has 0 spiro atoms. The summed E-state index contributed by atoms with van der Waals surface area (Å²) in [6.07, 6.45) is -3.09. The number of hydrogen-bond acceptors (Lipinski definition) is 2. The van der Waals surface area contributed by atoms with Crippen LogP contribution in [0.4, 0.5) is 18.9 Å². The summed E-state index contributed by atoms with van der Waals surface area (Å²) in [5.41, 5.74) is 1.85. The Labute approximate surface area is 122 Å². The first-order valence-corrected chi connectivity index (χ1v) is 7.04. The SMILES string of the molecule is CCNc1cc(C)ccc1C(=O)N(CC(F)(F)F)C1CC1. The van der Waals surface area contributed by atoms with Gasteiger partial charge in [-0.2, -0.15) is 13.2 Å². The standard InChI is InChI=1S/C15H19F3N2O/c1-3-19-13-8-10(2)4-7-12(13)14(21)20(11-5-6-11)9-15(16,17)18/h4,7-8,11,19H,3,5-6,9H2,1-2H3. The van der Waals surface area contributed by atoms with Gasteiger partial charge in [0.2, 0.25) is 0 Å². The first-order valence-electron chi connectivity index (χ1n) is 7.04. The molecule has 1 fully saturated rings. The molecule has 21 heavy (non-hydrogen) atoms. The summed E-state index contributed by atoms with van der Waals surface area (Å²) in [5.74, 6) is -0.550. The number of carbonyl (C=O) groups excluding carboxylic acids is 1. The van der Waals surface area contributed by atoms with Crippen LogP contribution in [0.5, 0.6) is 0 Å². The van der Waals surface area contributed by atoms with Crippen LogP contribution < -0.4 is 5.32 Å². The smallest absolute Gasteiger partial charge is 0.385 e. The third-order valence-electron chi connectivity index (χ3n) is 3.37. The third-order valence-corrected chi connectivity index (χ3v) is 3.37. The number of rotatable bonds is 5. The fourth-order valence-electron chi connectivity index (χ4n) is 2.28. The monoisotopic (exact) mass is 300 g/mol. The maximum Gasteiger partial charge on any atom is 0.406 e. The van der Waals surface area contributed by atoms with Gasteiger partial charge in [-0.25, -0.2) is 0 Å². The second-order valence-corrected chi connectivity index (χ2v) is 5.36. The van der Waals surface area contributed by atoms with Gasteiger partial charge in [0.25, 0.3) is 5.91 Å². The molecule has 0 saturated heterocycles. The zero-order valence-electron chi connectivity index (χ0n) is 12.1. The van der Waals surface area contributed by atoms with Gasteiger partial charge in [-0.1, -0.05) is 6.07 Å². The molecule has 116 valence electrons. The van der Waals surface area contributed by atoms with Crippen LogP contribution in [0.1, 0.15) is 35.7 Å². The predicted octanol–water partition coefficient (Wildman–Crippen LogP) is 3.59. The van der Waals surface area contributed by atoms with Crippen molar-refractivity contribution >= 4 is 11.6 Å². The molecule has 0 aliphatic heterocycles. The first-order chi connectivity index (χ1) is 9.81. The number of carbonyl (C=O) groups is 1. The summed E-state index contributed by atoms with van der Waals surface area (Å²) in [7, 11) is 0. The van der Waals surface area contributed by atoms with E-state index in [9.17, 15) is 18.0 Å². The Morgan fingerprint density at radius 1 is 1.38 bits per heavy atom. The number of benzene rings is 1. The molecule has 1 aromatic carbocycles. The largest absolute Gasteiger partial charge is 0.406 e. The van der Waals surface area contributed by atoms with Gasteiger partial charge >= 0.3 is 6.18 Å². The Balaban J connectivity index is 2.28. The summed E-state index contributed by atoms with van der Waals surface area (Å²) in [6.45, 7) is 3.18. The van der Waals surface area contributed by atoms with Crippen molar-refractivity contribution in [2.45, 2.75) is 38.9 Å². The van der Waals surface area contributed by atoms with Gasteiger partial charge in [-0.3, -0.25) is 4.79 Å². The van der Waals surface area contributed by atoms with Crippen molar-refractivity contribution in [1.29, 1.82) is 0 Å². The molecular formula is C15H19F3N2O. The first kappa shape index (κ1) is 15.7. The highest BCUT2D eigenvalue weighted by Crippen LogP contribution is 2.32. The van der Waals surface area contributed by atoms with Crippen LogP contribution in [0.25, 0.3) is 0 Å². The number of alkyl halides is 3. The summed E-state index contributed by atoms with van der Waals surface area (Å²) in [5, 5.41) is 3.05. The van der Waals surface area contributed by atoms with Gasteiger partial charge in [0.15, 0.2) is 0 Å². The second kappa shape index (κ2) is 5.95. The molecule has 0 unspecified atom stereocenters. The van der Waals surface area contributed by atoms with E-state index in [1.165, 1.54) is 0 Å². The van der Waals surface area contributed by atoms with Crippen LogP contribution in [0, 0.1) is 6.92 Å². The lowest BCUT2D eigenvalue weighted by Crippen LogP contribution is -2.40. The van der Waals surface area contributed by atoms with E-state index in [0.717, 1.165) is 10.5 Å². The molecule has 0 aromatic heterocycles. The van der Waals surface area contributed by atoms with E-state index in [1.54, 1.807) is 18.2 Å². The van der Waals surface area contributed by atoms with Crippen LogP contribution in [0.2, 0.25) is 0 Å². The van der Waals surface area contributed by atoms with Gasteiger partial charge in [0.1, 0.15) is 6.54 Å². The highest BCUT2D eigenvalue weighted by molar-refractivity contribution is 6.00. The average Bonchev–Trinajstić information content (AvgIpc) is 3.19. The lowest BCUT2D eigenvalue weighted by atomic mass is 10.1. The van der Waals surface area contributed by atoms with Crippen LogP contribution >= 0.6 is 0 Å². The number of nitrogens with zero attached hydrogens (tertiary/aromatic N) is 1. The Morgan fingerprint density at radius 3 is 2.57 bits per heavy atom. The fraction of sp³-hybridized carbons (Fsp3) is 0.533. The molecule has 2 rings (SSSR count). The van der Waals surface area contributed by atoms with Crippen LogP contribution in [-0.4, -0.2) is 36.1 Å². The van der Waals surface area contributed by atoms with Crippen molar-refractivity contribution in [2.75, 3.05) is 18.4 Å². The van der Waals surface area contributed by atoms with E-state index in [4.69, 9.17) is 0 Å². The predicted molar refractivity (Wildman–Crippen MR) is 75.5 cm³/mol. The van der Waals surface area contributed by atoms with Crippen molar-refractivity contribution < 1.29 is 18.0 Å². The van der Waals surface area contributed by atoms with Gasteiger partial charge in [0.05, 0.1) is 5.56 Å². The number of hydrogen-bond donors (Lipinski definition) is 1. The van der Waals surface area contributed by atoms with Crippen molar-refractivity contribution in [3.63, 3.8) is 0 Å². The molecule has 1 aliphatic rings. The Hall–Kier alpha value is -1.72. The van der Waals surface area contributed by atoms with Gasteiger partial charge in [0, 0.05) is 18.3 Å². The number of amides is 1. The van der Waals surface area contributed by atoms with Crippen LogP contribution in [0.15, 0.2) is 18.2 Å². The molecule has 6 heteroatoms. The quantitative estimate of drug-likeness (QED) is 0.901. The van der Waals surface area contributed by atoms with E-state index in [-0.39, 0.29) is 6.04 Å². The highest BCUT2D eigenvalue weighted by atomic mass is 19.4. The molecule has 1 N–H and O–H groups in total. The molecule has 1 saturated carbocycles. The van der Waals surface area contributed by atoms with Gasteiger partial charge in [-0.15, -0.1) is 0 Å². The maximum atomic E-state index is 12.7. The minimum Gasteiger partial charge on any atom is -0.385 e.